The van der Waals surface area contributed by atoms with Crippen LogP contribution in [0.25, 0.3) is 0 Å². The highest BCUT2D eigenvalue weighted by molar-refractivity contribution is 5.84. The fraction of sp³-hybridized carbons (Fsp3) is 0.786. The van der Waals surface area contributed by atoms with Gasteiger partial charge in [-0.1, -0.05) is 0 Å². The summed E-state index contributed by atoms with van der Waals surface area (Å²) < 4.78 is 0. The van der Waals surface area contributed by atoms with E-state index < -0.39 is 12.0 Å². The minimum absolute atomic E-state index is 0.0415. The Balaban J connectivity index is 2.25. The SMILES string of the molecule is CCN(CC)C(=O)CCCC(=O)NC(C(=O)O)C1CC1. The summed E-state index contributed by atoms with van der Waals surface area (Å²) in [5, 5.41) is 11.6. The molecule has 1 unspecified atom stereocenters. The van der Waals surface area contributed by atoms with Gasteiger partial charge in [0.1, 0.15) is 6.04 Å². The number of carbonyl (C=O) groups is 3. The summed E-state index contributed by atoms with van der Waals surface area (Å²) in [6.07, 6.45) is 2.70. The maximum Gasteiger partial charge on any atom is 0.326 e. The molecule has 2 amide bonds. The first-order valence-electron chi connectivity index (χ1n) is 7.29. The number of carbonyl (C=O) groups excluding carboxylic acids is 2. The van der Waals surface area contributed by atoms with Crippen molar-refractivity contribution in [2.75, 3.05) is 13.1 Å². The molecule has 0 aliphatic heterocycles. The van der Waals surface area contributed by atoms with Crippen LogP contribution in [0.1, 0.15) is 46.0 Å². The summed E-state index contributed by atoms with van der Waals surface area (Å²) in [6.45, 7) is 5.18. The predicted molar refractivity (Wildman–Crippen MR) is 74.1 cm³/mol. The highest BCUT2D eigenvalue weighted by Crippen LogP contribution is 2.32. The van der Waals surface area contributed by atoms with E-state index in [4.69, 9.17) is 5.11 Å². The summed E-state index contributed by atoms with van der Waals surface area (Å²) in [7, 11) is 0. The third-order valence-corrected chi connectivity index (χ3v) is 3.59. The van der Waals surface area contributed by atoms with Crippen molar-refractivity contribution >= 4 is 17.8 Å². The number of hydrogen-bond acceptors (Lipinski definition) is 3. The van der Waals surface area contributed by atoms with Crippen molar-refractivity contribution in [1.29, 1.82) is 0 Å². The number of carboxylic acid groups (broad SMARTS) is 1. The van der Waals surface area contributed by atoms with Crippen LogP contribution in [-0.4, -0.2) is 46.9 Å². The molecule has 0 saturated heterocycles. The zero-order valence-electron chi connectivity index (χ0n) is 12.2. The van der Waals surface area contributed by atoms with E-state index in [-0.39, 0.29) is 24.2 Å². The van der Waals surface area contributed by atoms with Crippen LogP contribution < -0.4 is 5.32 Å². The zero-order valence-corrected chi connectivity index (χ0v) is 12.2. The number of aliphatic carboxylic acids is 1. The fourth-order valence-corrected chi connectivity index (χ4v) is 2.19. The second-order valence-electron chi connectivity index (χ2n) is 5.14. The van der Waals surface area contributed by atoms with Crippen LogP contribution in [0.5, 0.6) is 0 Å². The predicted octanol–water partition coefficient (Wildman–Crippen LogP) is 1.00. The van der Waals surface area contributed by atoms with Crippen molar-refractivity contribution in [2.24, 2.45) is 5.92 Å². The standard InChI is InChI=1S/C14H24N2O4/c1-3-16(4-2)12(18)7-5-6-11(17)15-13(14(19)20)10-8-9-10/h10,13H,3-9H2,1-2H3,(H,15,17)(H,19,20). The summed E-state index contributed by atoms with van der Waals surface area (Å²) in [5.74, 6) is -1.13. The molecule has 1 rings (SSSR count). The molecule has 0 spiro atoms. The van der Waals surface area contributed by atoms with E-state index in [9.17, 15) is 14.4 Å². The van der Waals surface area contributed by atoms with Crippen LogP contribution in [0.4, 0.5) is 0 Å². The molecule has 1 fully saturated rings. The van der Waals surface area contributed by atoms with Crippen LogP contribution in [0, 0.1) is 5.92 Å². The lowest BCUT2D eigenvalue weighted by Gasteiger charge is -2.18. The summed E-state index contributed by atoms with van der Waals surface area (Å²) in [4.78, 5) is 36.1. The van der Waals surface area contributed by atoms with E-state index in [2.05, 4.69) is 5.32 Å². The van der Waals surface area contributed by atoms with Crippen LogP contribution in [-0.2, 0) is 14.4 Å². The topological polar surface area (TPSA) is 86.7 Å². The first-order chi connectivity index (χ1) is 9.49. The number of nitrogens with one attached hydrogen (secondary N) is 1. The van der Waals surface area contributed by atoms with Gasteiger partial charge < -0.3 is 15.3 Å². The third-order valence-electron chi connectivity index (χ3n) is 3.59. The summed E-state index contributed by atoms with van der Waals surface area (Å²) in [6, 6.07) is -0.763. The van der Waals surface area contributed by atoms with Gasteiger partial charge in [0.05, 0.1) is 0 Å². The lowest BCUT2D eigenvalue weighted by molar-refractivity contribution is -0.142. The Bertz CT molecular complexity index is 362. The quantitative estimate of drug-likeness (QED) is 0.661. The Labute approximate surface area is 119 Å². The molecule has 114 valence electrons. The Morgan fingerprint density at radius 1 is 1.20 bits per heavy atom. The molecule has 2 N–H and O–H groups in total. The van der Waals surface area contributed by atoms with E-state index in [0.717, 1.165) is 12.8 Å². The summed E-state index contributed by atoms with van der Waals surface area (Å²) in [5.41, 5.74) is 0. The van der Waals surface area contributed by atoms with Crippen LogP contribution in [0.15, 0.2) is 0 Å². The molecular weight excluding hydrogens is 260 g/mol. The molecule has 0 aromatic rings. The van der Waals surface area contributed by atoms with Crippen LogP contribution in [0.3, 0.4) is 0 Å². The maximum atomic E-state index is 11.7. The molecule has 0 radical (unpaired) electrons. The fourth-order valence-electron chi connectivity index (χ4n) is 2.19. The van der Waals surface area contributed by atoms with Crippen molar-refractivity contribution in [3.63, 3.8) is 0 Å². The van der Waals surface area contributed by atoms with Gasteiger partial charge in [0.25, 0.3) is 0 Å². The molecule has 0 heterocycles. The number of hydrogen-bond donors (Lipinski definition) is 2. The van der Waals surface area contributed by atoms with Crippen molar-refractivity contribution < 1.29 is 19.5 Å². The van der Waals surface area contributed by atoms with Gasteiger partial charge in [-0.15, -0.1) is 0 Å². The lowest BCUT2D eigenvalue weighted by Crippen LogP contribution is -2.42. The second kappa shape index (κ2) is 7.87. The largest absolute Gasteiger partial charge is 0.480 e. The molecule has 6 nitrogen and oxygen atoms in total. The van der Waals surface area contributed by atoms with Crippen molar-refractivity contribution in [3.05, 3.63) is 0 Å². The van der Waals surface area contributed by atoms with Gasteiger partial charge in [-0.05, 0) is 39.0 Å². The first-order valence-corrected chi connectivity index (χ1v) is 7.29. The van der Waals surface area contributed by atoms with E-state index in [1.54, 1.807) is 4.90 Å². The molecule has 1 aliphatic carbocycles. The minimum Gasteiger partial charge on any atom is -0.480 e. The van der Waals surface area contributed by atoms with Gasteiger partial charge >= 0.3 is 5.97 Å². The molecule has 6 heteroatoms. The van der Waals surface area contributed by atoms with Crippen LogP contribution >= 0.6 is 0 Å². The highest BCUT2D eigenvalue weighted by atomic mass is 16.4. The van der Waals surface area contributed by atoms with Crippen molar-refractivity contribution in [3.8, 4) is 0 Å². The maximum absolute atomic E-state index is 11.7. The average Bonchev–Trinajstić information content (AvgIpc) is 3.21. The zero-order chi connectivity index (χ0) is 15.1. The smallest absolute Gasteiger partial charge is 0.326 e. The van der Waals surface area contributed by atoms with E-state index >= 15 is 0 Å². The van der Waals surface area contributed by atoms with E-state index in [1.165, 1.54) is 0 Å². The average molecular weight is 284 g/mol. The summed E-state index contributed by atoms with van der Waals surface area (Å²) >= 11 is 0. The van der Waals surface area contributed by atoms with Crippen molar-refractivity contribution in [1.82, 2.24) is 10.2 Å². The van der Waals surface area contributed by atoms with Gasteiger partial charge in [0, 0.05) is 25.9 Å². The van der Waals surface area contributed by atoms with Gasteiger partial charge in [-0.3, -0.25) is 9.59 Å². The molecule has 1 saturated carbocycles. The third kappa shape index (κ3) is 5.19. The molecule has 20 heavy (non-hydrogen) atoms. The monoisotopic (exact) mass is 284 g/mol. The minimum atomic E-state index is -0.972. The van der Waals surface area contributed by atoms with E-state index in [1.807, 2.05) is 13.8 Å². The Kier molecular flexibility index (Phi) is 6.48. The lowest BCUT2D eigenvalue weighted by atomic mass is 10.1. The number of carboxylic acids is 1. The highest BCUT2D eigenvalue weighted by Gasteiger charge is 2.37. The Morgan fingerprint density at radius 3 is 2.25 bits per heavy atom. The second-order valence-corrected chi connectivity index (χ2v) is 5.14. The number of nitrogens with zero attached hydrogens (tertiary/aromatic N) is 1. The molecule has 0 bridgehead atoms. The molecule has 0 aromatic carbocycles. The van der Waals surface area contributed by atoms with Gasteiger partial charge in [-0.2, -0.15) is 0 Å². The van der Waals surface area contributed by atoms with Gasteiger partial charge in [0.2, 0.25) is 11.8 Å². The number of amides is 2. The first kappa shape index (κ1) is 16.5. The Morgan fingerprint density at radius 2 is 1.80 bits per heavy atom. The molecule has 1 aliphatic rings. The van der Waals surface area contributed by atoms with Crippen molar-refractivity contribution in [2.45, 2.75) is 52.0 Å². The molecular formula is C14H24N2O4. The van der Waals surface area contributed by atoms with E-state index in [0.29, 0.717) is 25.9 Å². The van der Waals surface area contributed by atoms with Gasteiger partial charge in [0.15, 0.2) is 0 Å². The molecule has 0 aromatic heterocycles. The Hall–Kier alpha value is -1.59. The number of rotatable bonds is 9. The normalized spacial score (nSPS) is 15.5. The van der Waals surface area contributed by atoms with Gasteiger partial charge in [-0.25, -0.2) is 4.79 Å². The van der Waals surface area contributed by atoms with Crippen LogP contribution in [0.2, 0.25) is 0 Å². The molecule has 1 atom stereocenters.